The van der Waals surface area contributed by atoms with Crippen molar-refractivity contribution in [3.8, 4) is 11.3 Å². The van der Waals surface area contributed by atoms with Crippen LogP contribution in [-0.2, 0) is 17.8 Å². The number of hydrogen-bond donors (Lipinski definition) is 4. The van der Waals surface area contributed by atoms with E-state index in [1.54, 1.807) is 30.3 Å². The fraction of sp³-hybridized carbons (Fsp3) is 0.192. The number of nitrogens with zero attached hydrogens (tertiary/aromatic N) is 1. The smallest absolute Gasteiger partial charge is 0.455 e. The van der Waals surface area contributed by atoms with Crippen LogP contribution >= 0.6 is 11.6 Å². The first kappa shape index (κ1) is 26.4. The zero-order valence-corrected chi connectivity index (χ0v) is 21.7. The molecule has 1 amide bonds. The summed E-state index contributed by atoms with van der Waals surface area (Å²) in [5.74, 6) is -0.654. The topological polar surface area (TPSA) is 123 Å². The van der Waals surface area contributed by atoms with E-state index >= 15 is 0 Å². The van der Waals surface area contributed by atoms with Gasteiger partial charge in [0.1, 0.15) is 17.2 Å². The molecular formula is C26H23BClFN2O6S. The van der Waals surface area contributed by atoms with Crippen LogP contribution in [-0.4, -0.2) is 38.9 Å². The first-order valence-corrected chi connectivity index (χ1v) is 13.2. The second kappa shape index (κ2) is 10.5. The first-order valence-electron chi connectivity index (χ1n) is 11.8. The van der Waals surface area contributed by atoms with Gasteiger partial charge in [-0.25, -0.2) is 8.60 Å². The van der Waals surface area contributed by atoms with Crippen molar-refractivity contribution in [3.05, 3.63) is 82.1 Å². The number of carbonyl (C=O) groups is 1. The molecular weight excluding hydrogens is 534 g/mol. The standard InChI is InChI=1S/C26H23BClFN2O6S/c1-30-26(32)24-20-12-19(14-2-3-14)16(10-23(20)37-25(24)15-4-6-17(28)7-5-15)13-31(38(35)36)18-8-9-21(27(33)34)22(29)11-18/h4-12,14,33-34H,2-3,13H2,1H3,(H,30,32)(H,35,36). The fourth-order valence-electron chi connectivity index (χ4n) is 4.54. The Hall–Kier alpha value is -3.22. The lowest BCUT2D eigenvalue weighted by Gasteiger charge is -2.22. The third kappa shape index (κ3) is 5.08. The number of fused-ring (bicyclic) bond motifs is 1. The molecule has 1 fully saturated rings. The molecule has 0 spiro atoms. The minimum Gasteiger partial charge on any atom is -0.455 e. The second-order valence-electron chi connectivity index (χ2n) is 9.06. The molecule has 1 aliphatic rings. The summed E-state index contributed by atoms with van der Waals surface area (Å²) < 4.78 is 44.1. The molecule has 0 aliphatic heterocycles. The van der Waals surface area contributed by atoms with Gasteiger partial charge in [0, 0.05) is 28.5 Å². The summed E-state index contributed by atoms with van der Waals surface area (Å²) >= 11 is 3.52. The van der Waals surface area contributed by atoms with Gasteiger partial charge in [-0.3, -0.25) is 13.7 Å². The largest absolute Gasteiger partial charge is 0.491 e. The second-order valence-corrected chi connectivity index (χ2v) is 10.4. The summed E-state index contributed by atoms with van der Waals surface area (Å²) in [4.78, 5) is 12.9. The van der Waals surface area contributed by atoms with Gasteiger partial charge in [-0.1, -0.05) is 17.7 Å². The van der Waals surface area contributed by atoms with Crippen LogP contribution in [0.15, 0.2) is 59.0 Å². The molecule has 1 heterocycles. The maximum atomic E-state index is 14.4. The fourth-order valence-corrected chi connectivity index (χ4v) is 5.21. The minimum atomic E-state index is -2.52. The van der Waals surface area contributed by atoms with E-state index in [-0.39, 0.29) is 29.5 Å². The number of benzene rings is 3. The van der Waals surface area contributed by atoms with Gasteiger partial charge in [0.15, 0.2) is 0 Å². The van der Waals surface area contributed by atoms with Crippen LogP contribution in [0.4, 0.5) is 10.1 Å². The van der Waals surface area contributed by atoms with Gasteiger partial charge in [0.2, 0.25) is 0 Å². The van der Waals surface area contributed by atoms with Crippen molar-refractivity contribution in [3.63, 3.8) is 0 Å². The van der Waals surface area contributed by atoms with Crippen LogP contribution in [0.25, 0.3) is 22.3 Å². The van der Waals surface area contributed by atoms with E-state index in [2.05, 4.69) is 5.32 Å². The Kier molecular flexibility index (Phi) is 7.30. The third-order valence-electron chi connectivity index (χ3n) is 6.58. The van der Waals surface area contributed by atoms with E-state index < -0.39 is 24.2 Å². The molecule has 38 heavy (non-hydrogen) atoms. The summed E-state index contributed by atoms with van der Waals surface area (Å²) in [6.45, 7) is -0.0579. The quantitative estimate of drug-likeness (QED) is 0.193. The Morgan fingerprint density at radius 2 is 1.89 bits per heavy atom. The molecule has 1 saturated carbocycles. The van der Waals surface area contributed by atoms with Crippen molar-refractivity contribution in [1.82, 2.24) is 5.32 Å². The highest BCUT2D eigenvalue weighted by Gasteiger charge is 2.31. The van der Waals surface area contributed by atoms with E-state index in [4.69, 9.17) is 16.0 Å². The van der Waals surface area contributed by atoms with Gasteiger partial charge in [0.05, 0.1) is 17.8 Å². The van der Waals surface area contributed by atoms with Crippen molar-refractivity contribution in [2.45, 2.75) is 25.3 Å². The van der Waals surface area contributed by atoms with Gasteiger partial charge >= 0.3 is 7.12 Å². The van der Waals surface area contributed by atoms with Crippen molar-refractivity contribution >= 4 is 58.0 Å². The van der Waals surface area contributed by atoms with Crippen molar-refractivity contribution in [2.24, 2.45) is 0 Å². The maximum Gasteiger partial charge on any atom is 0.491 e. The molecule has 196 valence electrons. The molecule has 4 N–H and O–H groups in total. The average molecular weight is 557 g/mol. The molecule has 0 radical (unpaired) electrons. The maximum absolute atomic E-state index is 14.4. The monoisotopic (exact) mass is 556 g/mol. The zero-order valence-electron chi connectivity index (χ0n) is 20.1. The van der Waals surface area contributed by atoms with Crippen molar-refractivity contribution in [2.75, 3.05) is 11.4 Å². The first-order chi connectivity index (χ1) is 18.2. The van der Waals surface area contributed by atoms with Crippen molar-refractivity contribution < 1.29 is 32.4 Å². The molecule has 12 heteroatoms. The lowest BCUT2D eigenvalue weighted by atomic mass is 9.80. The van der Waals surface area contributed by atoms with E-state index in [0.29, 0.717) is 38.4 Å². The van der Waals surface area contributed by atoms with Crippen LogP contribution < -0.4 is 15.1 Å². The predicted molar refractivity (Wildman–Crippen MR) is 145 cm³/mol. The third-order valence-corrected chi connectivity index (χ3v) is 7.55. The van der Waals surface area contributed by atoms with Crippen LogP contribution in [0.1, 0.15) is 40.2 Å². The van der Waals surface area contributed by atoms with E-state index in [1.807, 2.05) is 6.07 Å². The Morgan fingerprint density at radius 3 is 2.47 bits per heavy atom. The van der Waals surface area contributed by atoms with Gasteiger partial charge in [-0.15, -0.1) is 0 Å². The van der Waals surface area contributed by atoms with Crippen LogP contribution in [0.2, 0.25) is 5.02 Å². The number of carbonyl (C=O) groups excluding carboxylic acids is 1. The zero-order chi connectivity index (χ0) is 27.1. The lowest BCUT2D eigenvalue weighted by Crippen LogP contribution is -2.33. The van der Waals surface area contributed by atoms with Gasteiger partial charge < -0.3 is 19.8 Å². The number of rotatable bonds is 8. The summed E-state index contributed by atoms with van der Waals surface area (Å²) in [5.41, 5.74) is 2.80. The number of hydrogen-bond acceptors (Lipinski definition) is 5. The van der Waals surface area contributed by atoms with Gasteiger partial charge in [0.25, 0.3) is 17.2 Å². The van der Waals surface area contributed by atoms with Crippen LogP contribution in [0, 0.1) is 5.82 Å². The molecule has 1 atom stereocenters. The van der Waals surface area contributed by atoms with Gasteiger partial charge in [-0.2, -0.15) is 0 Å². The Morgan fingerprint density at radius 1 is 1.18 bits per heavy atom. The summed E-state index contributed by atoms with van der Waals surface area (Å²) in [6.07, 6.45) is 1.85. The highest BCUT2D eigenvalue weighted by Crippen LogP contribution is 2.45. The number of halogens is 2. The molecule has 1 unspecified atom stereocenters. The summed E-state index contributed by atoms with van der Waals surface area (Å²) in [6, 6.07) is 14.0. The minimum absolute atomic E-state index is 0.0579. The van der Waals surface area contributed by atoms with E-state index in [0.717, 1.165) is 34.8 Å². The SMILES string of the molecule is CNC(=O)c1c(-c2ccc(Cl)cc2)oc2cc(CN(c3ccc(B(O)O)c(F)c3)S(=O)O)c(C3CC3)cc12. The number of anilines is 1. The number of furan rings is 1. The molecule has 8 nitrogen and oxygen atoms in total. The average Bonchev–Trinajstić information content (AvgIpc) is 3.66. The highest BCUT2D eigenvalue weighted by molar-refractivity contribution is 7.80. The molecule has 1 aliphatic carbocycles. The molecule has 4 aromatic rings. The highest BCUT2D eigenvalue weighted by atomic mass is 35.5. The van der Waals surface area contributed by atoms with E-state index in [9.17, 15) is 28.0 Å². The van der Waals surface area contributed by atoms with E-state index in [1.165, 1.54) is 13.1 Å². The Labute approximate surface area is 225 Å². The molecule has 3 aromatic carbocycles. The van der Waals surface area contributed by atoms with Crippen LogP contribution in [0.5, 0.6) is 0 Å². The number of amides is 1. The van der Waals surface area contributed by atoms with Gasteiger partial charge in [-0.05, 0) is 78.4 Å². The number of nitrogens with one attached hydrogen (secondary N) is 1. The molecule has 0 bridgehead atoms. The van der Waals surface area contributed by atoms with Crippen LogP contribution in [0.3, 0.4) is 0 Å². The summed E-state index contributed by atoms with van der Waals surface area (Å²) in [7, 11) is -0.471. The summed E-state index contributed by atoms with van der Waals surface area (Å²) in [5, 5.41) is 22.4. The molecule has 1 aromatic heterocycles. The predicted octanol–water partition coefficient (Wildman–Crippen LogP) is 3.95. The molecule has 5 rings (SSSR count). The Bertz CT molecular complexity index is 1560. The lowest BCUT2D eigenvalue weighted by molar-refractivity contribution is 0.0964. The molecule has 0 saturated heterocycles. The Balaban J connectivity index is 1.63. The van der Waals surface area contributed by atoms with Crippen molar-refractivity contribution in [1.29, 1.82) is 0 Å². The normalized spacial score (nSPS) is 13.9.